The molecular formula is C17H27N3O. The largest absolute Gasteiger partial charge is 0.396 e. The van der Waals surface area contributed by atoms with E-state index in [4.69, 9.17) is 0 Å². The van der Waals surface area contributed by atoms with Gasteiger partial charge in [0.05, 0.1) is 17.4 Å². The van der Waals surface area contributed by atoms with E-state index in [0.717, 1.165) is 44.4 Å². The second-order valence-corrected chi connectivity index (χ2v) is 5.82. The van der Waals surface area contributed by atoms with Gasteiger partial charge in [-0.05, 0) is 37.9 Å². The van der Waals surface area contributed by atoms with E-state index in [2.05, 4.69) is 40.8 Å². The Morgan fingerprint density at radius 3 is 2.71 bits per heavy atom. The molecule has 0 aliphatic rings. The summed E-state index contributed by atoms with van der Waals surface area (Å²) in [7, 11) is 0. The van der Waals surface area contributed by atoms with Crippen LogP contribution < -0.4 is 5.32 Å². The zero-order valence-electron chi connectivity index (χ0n) is 13.2. The number of aliphatic hydroxyl groups is 1. The molecular weight excluding hydrogens is 262 g/mol. The van der Waals surface area contributed by atoms with Gasteiger partial charge in [-0.15, -0.1) is 0 Å². The Morgan fingerprint density at radius 1 is 1.24 bits per heavy atom. The van der Waals surface area contributed by atoms with Gasteiger partial charge in [0, 0.05) is 25.1 Å². The average molecular weight is 289 g/mol. The molecule has 2 rings (SSSR count). The van der Waals surface area contributed by atoms with Gasteiger partial charge in [-0.1, -0.05) is 26.0 Å². The number of hydrogen-bond donors (Lipinski definition) is 2. The van der Waals surface area contributed by atoms with Crippen molar-refractivity contribution in [2.24, 2.45) is 5.41 Å². The van der Waals surface area contributed by atoms with E-state index in [1.165, 1.54) is 5.52 Å². The van der Waals surface area contributed by atoms with Gasteiger partial charge in [0.2, 0.25) is 0 Å². The Bertz CT molecular complexity index is 537. The van der Waals surface area contributed by atoms with E-state index >= 15 is 0 Å². The SMILES string of the molecule is CCC(CC)(CO)CNCCCn1cnc2ccccc21. The number of aromatic nitrogens is 2. The summed E-state index contributed by atoms with van der Waals surface area (Å²) in [5, 5.41) is 13.0. The number of aliphatic hydroxyl groups excluding tert-OH is 1. The predicted molar refractivity (Wildman–Crippen MR) is 87.3 cm³/mol. The Kier molecular flexibility index (Phi) is 5.76. The van der Waals surface area contributed by atoms with Crippen molar-refractivity contribution in [2.45, 2.75) is 39.7 Å². The van der Waals surface area contributed by atoms with Gasteiger partial charge in [-0.25, -0.2) is 4.98 Å². The third-order valence-electron chi connectivity index (χ3n) is 4.62. The number of fused-ring (bicyclic) bond motifs is 1. The summed E-state index contributed by atoms with van der Waals surface area (Å²) in [4.78, 5) is 4.41. The Morgan fingerprint density at radius 2 is 2.00 bits per heavy atom. The Balaban J connectivity index is 1.77. The molecule has 116 valence electrons. The lowest BCUT2D eigenvalue weighted by atomic mass is 9.83. The molecule has 1 aromatic carbocycles. The van der Waals surface area contributed by atoms with Crippen molar-refractivity contribution in [3.63, 3.8) is 0 Å². The molecule has 4 heteroatoms. The first-order valence-electron chi connectivity index (χ1n) is 7.96. The van der Waals surface area contributed by atoms with Crippen LogP contribution in [0.5, 0.6) is 0 Å². The Labute approximate surface area is 127 Å². The smallest absolute Gasteiger partial charge is 0.0958 e. The van der Waals surface area contributed by atoms with Crippen molar-refractivity contribution >= 4 is 11.0 Å². The molecule has 0 aliphatic heterocycles. The topological polar surface area (TPSA) is 50.1 Å². The molecule has 0 saturated carbocycles. The minimum Gasteiger partial charge on any atom is -0.396 e. The standard InChI is InChI=1S/C17H27N3O/c1-3-17(4-2,13-21)12-18-10-7-11-20-14-19-15-8-5-6-9-16(15)20/h5-6,8-9,14,18,21H,3-4,7,10-13H2,1-2H3. The number of rotatable bonds is 9. The monoisotopic (exact) mass is 289 g/mol. The molecule has 1 aromatic heterocycles. The van der Waals surface area contributed by atoms with Gasteiger partial charge >= 0.3 is 0 Å². The van der Waals surface area contributed by atoms with Crippen molar-refractivity contribution in [2.75, 3.05) is 19.7 Å². The first-order valence-corrected chi connectivity index (χ1v) is 7.96. The van der Waals surface area contributed by atoms with Crippen molar-refractivity contribution in [1.82, 2.24) is 14.9 Å². The molecule has 0 spiro atoms. The summed E-state index contributed by atoms with van der Waals surface area (Å²) in [6.45, 7) is 7.39. The lowest BCUT2D eigenvalue weighted by molar-refractivity contribution is 0.113. The van der Waals surface area contributed by atoms with Crippen molar-refractivity contribution < 1.29 is 5.11 Å². The summed E-state index contributed by atoms with van der Waals surface area (Å²) in [5.74, 6) is 0. The van der Waals surface area contributed by atoms with Gasteiger partial charge in [-0.2, -0.15) is 0 Å². The van der Waals surface area contributed by atoms with E-state index in [9.17, 15) is 5.11 Å². The average Bonchev–Trinajstić information content (AvgIpc) is 2.95. The minimum absolute atomic E-state index is 0.0434. The van der Waals surface area contributed by atoms with Crippen LogP contribution in [0.2, 0.25) is 0 Å². The minimum atomic E-state index is 0.0434. The number of para-hydroxylation sites is 2. The first-order chi connectivity index (χ1) is 10.2. The second kappa shape index (κ2) is 7.57. The van der Waals surface area contributed by atoms with Crippen molar-refractivity contribution in [3.8, 4) is 0 Å². The molecule has 1 heterocycles. The highest BCUT2D eigenvalue weighted by Crippen LogP contribution is 2.24. The molecule has 2 N–H and O–H groups in total. The van der Waals surface area contributed by atoms with Crippen molar-refractivity contribution in [1.29, 1.82) is 0 Å². The maximum absolute atomic E-state index is 9.55. The number of hydrogen-bond acceptors (Lipinski definition) is 3. The molecule has 0 unspecified atom stereocenters. The van der Waals surface area contributed by atoms with Crippen LogP contribution in [0.25, 0.3) is 11.0 Å². The van der Waals surface area contributed by atoms with Gasteiger partial charge in [-0.3, -0.25) is 0 Å². The maximum Gasteiger partial charge on any atom is 0.0958 e. The third kappa shape index (κ3) is 3.83. The molecule has 21 heavy (non-hydrogen) atoms. The third-order valence-corrected chi connectivity index (χ3v) is 4.62. The number of nitrogens with zero attached hydrogens (tertiary/aromatic N) is 2. The van der Waals surface area contributed by atoms with Crippen molar-refractivity contribution in [3.05, 3.63) is 30.6 Å². The number of aryl methyl sites for hydroxylation is 1. The Hall–Kier alpha value is -1.39. The summed E-state index contributed by atoms with van der Waals surface area (Å²) in [6.07, 6.45) is 5.01. The van der Waals surface area contributed by atoms with Crippen LogP contribution in [0.4, 0.5) is 0 Å². The molecule has 0 amide bonds. The van der Waals surface area contributed by atoms with Gasteiger partial charge in [0.15, 0.2) is 0 Å². The molecule has 0 bridgehead atoms. The highest BCUT2D eigenvalue weighted by molar-refractivity contribution is 5.74. The zero-order chi connectivity index (χ0) is 15.1. The van der Waals surface area contributed by atoms with Crippen LogP contribution in [0.3, 0.4) is 0 Å². The molecule has 0 saturated heterocycles. The fourth-order valence-corrected chi connectivity index (χ4v) is 2.70. The lowest BCUT2D eigenvalue weighted by Crippen LogP contribution is -2.37. The summed E-state index contributed by atoms with van der Waals surface area (Å²) in [5.41, 5.74) is 2.30. The molecule has 4 nitrogen and oxygen atoms in total. The summed E-state index contributed by atoms with van der Waals surface area (Å²) < 4.78 is 2.20. The lowest BCUT2D eigenvalue weighted by Gasteiger charge is -2.29. The predicted octanol–water partition coefficient (Wildman–Crippen LogP) is 2.81. The van der Waals surface area contributed by atoms with Crippen LogP contribution >= 0.6 is 0 Å². The normalized spacial score (nSPS) is 12.1. The number of benzene rings is 1. The molecule has 0 radical (unpaired) electrons. The molecule has 0 fully saturated rings. The maximum atomic E-state index is 9.55. The highest BCUT2D eigenvalue weighted by Gasteiger charge is 2.24. The van der Waals surface area contributed by atoms with Gasteiger partial charge in [0.25, 0.3) is 0 Å². The first kappa shape index (κ1) is 16.0. The molecule has 0 atom stereocenters. The summed E-state index contributed by atoms with van der Waals surface area (Å²) >= 11 is 0. The van der Waals surface area contributed by atoms with E-state index in [1.807, 2.05) is 18.5 Å². The quantitative estimate of drug-likeness (QED) is 0.698. The van der Waals surface area contributed by atoms with E-state index < -0.39 is 0 Å². The fourth-order valence-electron chi connectivity index (χ4n) is 2.70. The molecule has 0 aliphatic carbocycles. The second-order valence-electron chi connectivity index (χ2n) is 5.82. The van der Waals surface area contributed by atoms with Crippen LogP contribution in [0.1, 0.15) is 33.1 Å². The van der Waals surface area contributed by atoms with E-state index in [1.54, 1.807) is 0 Å². The zero-order valence-corrected chi connectivity index (χ0v) is 13.2. The number of nitrogens with one attached hydrogen (secondary N) is 1. The van der Waals surface area contributed by atoms with Crippen LogP contribution in [-0.2, 0) is 6.54 Å². The van der Waals surface area contributed by atoms with Crippen LogP contribution in [0, 0.1) is 5.41 Å². The number of imidazole rings is 1. The van der Waals surface area contributed by atoms with Crippen LogP contribution in [-0.4, -0.2) is 34.4 Å². The highest BCUT2D eigenvalue weighted by atomic mass is 16.3. The fraction of sp³-hybridized carbons (Fsp3) is 0.588. The summed E-state index contributed by atoms with van der Waals surface area (Å²) in [6, 6.07) is 8.23. The van der Waals surface area contributed by atoms with Crippen LogP contribution in [0.15, 0.2) is 30.6 Å². The van der Waals surface area contributed by atoms with Gasteiger partial charge < -0.3 is 15.0 Å². The van der Waals surface area contributed by atoms with Gasteiger partial charge in [0.1, 0.15) is 0 Å². The molecule has 2 aromatic rings. The van der Waals surface area contributed by atoms with E-state index in [0.29, 0.717) is 0 Å². The van der Waals surface area contributed by atoms with E-state index in [-0.39, 0.29) is 12.0 Å².